The molecule has 94 valence electrons. The maximum absolute atomic E-state index is 13.0. The molecule has 0 spiro atoms. The van der Waals surface area contributed by atoms with Gasteiger partial charge in [0.1, 0.15) is 5.82 Å². The number of halogens is 2. The molecule has 0 bridgehead atoms. The quantitative estimate of drug-likeness (QED) is 0.807. The van der Waals surface area contributed by atoms with E-state index in [0.717, 1.165) is 6.42 Å². The lowest BCUT2D eigenvalue weighted by Crippen LogP contribution is -2.37. The van der Waals surface area contributed by atoms with Crippen molar-refractivity contribution in [3.63, 3.8) is 0 Å². The van der Waals surface area contributed by atoms with Crippen LogP contribution in [0.15, 0.2) is 24.3 Å². The summed E-state index contributed by atoms with van der Waals surface area (Å²) in [5.74, 6) is 0.116. The van der Waals surface area contributed by atoms with Crippen LogP contribution in [0.5, 0.6) is 0 Å². The Balaban J connectivity index is 2.64. The highest BCUT2D eigenvalue weighted by atomic mass is 35.5. The molecule has 0 aromatic heterocycles. The summed E-state index contributed by atoms with van der Waals surface area (Å²) in [6.45, 7) is 4.13. The third-order valence-corrected chi connectivity index (χ3v) is 2.74. The van der Waals surface area contributed by atoms with Gasteiger partial charge in [-0.25, -0.2) is 4.39 Å². The Morgan fingerprint density at radius 2 is 2.18 bits per heavy atom. The number of benzene rings is 1. The average Bonchev–Trinajstić information content (AvgIpc) is 2.27. The van der Waals surface area contributed by atoms with Crippen LogP contribution in [-0.2, 0) is 0 Å². The van der Waals surface area contributed by atoms with Gasteiger partial charge in [-0.1, -0.05) is 19.9 Å². The lowest BCUT2D eigenvalue weighted by atomic mass is 10.0. The molecule has 4 heteroatoms. The van der Waals surface area contributed by atoms with Crippen molar-refractivity contribution in [1.29, 1.82) is 0 Å². The fourth-order valence-corrected chi connectivity index (χ4v) is 1.83. The van der Waals surface area contributed by atoms with Gasteiger partial charge in [-0.3, -0.25) is 4.79 Å². The first kappa shape index (κ1) is 14.0. The van der Waals surface area contributed by atoms with Crippen LogP contribution >= 0.6 is 11.6 Å². The second-order valence-corrected chi connectivity index (χ2v) is 4.77. The van der Waals surface area contributed by atoms with Gasteiger partial charge in [0.2, 0.25) is 0 Å². The first-order valence-electron chi connectivity index (χ1n) is 5.65. The summed E-state index contributed by atoms with van der Waals surface area (Å²) in [4.78, 5) is 11.8. The van der Waals surface area contributed by atoms with Gasteiger partial charge in [-0.05, 0) is 30.5 Å². The van der Waals surface area contributed by atoms with E-state index in [1.54, 1.807) is 6.07 Å². The molecule has 0 radical (unpaired) electrons. The van der Waals surface area contributed by atoms with Crippen molar-refractivity contribution >= 4 is 17.5 Å². The van der Waals surface area contributed by atoms with E-state index in [1.807, 2.05) is 0 Å². The van der Waals surface area contributed by atoms with Gasteiger partial charge in [0, 0.05) is 17.5 Å². The van der Waals surface area contributed by atoms with Crippen molar-refractivity contribution in [2.24, 2.45) is 5.92 Å². The molecular weight excluding hydrogens is 241 g/mol. The van der Waals surface area contributed by atoms with E-state index >= 15 is 0 Å². The molecule has 0 fully saturated rings. The highest BCUT2D eigenvalue weighted by molar-refractivity contribution is 6.18. The summed E-state index contributed by atoms with van der Waals surface area (Å²) in [6, 6.07) is 5.55. The first-order valence-corrected chi connectivity index (χ1v) is 6.18. The molecular formula is C13H17ClFNO. The SMILES string of the molecule is CC(C)CC(CCl)NC(=O)c1cccc(F)c1. The van der Waals surface area contributed by atoms with Crippen molar-refractivity contribution < 1.29 is 9.18 Å². The predicted molar refractivity (Wildman–Crippen MR) is 67.8 cm³/mol. The number of amides is 1. The number of carbonyl (C=O) groups is 1. The first-order chi connectivity index (χ1) is 8.02. The zero-order chi connectivity index (χ0) is 12.8. The number of hydrogen-bond acceptors (Lipinski definition) is 1. The van der Waals surface area contributed by atoms with E-state index in [9.17, 15) is 9.18 Å². The van der Waals surface area contributed by atoms with Crippen molar-refractivity contribution in [2.45, 2.75) is 26.3 Å². The number of carbonyl (C=O) groups excluding carboxylic acids is 1. The Morgan fingerprint density at radius 1 is 1.47 bits per heavy atom. The van der Waals surface area contributed by atoms with Gasteiger partial charge < -0.3 is 5.32 Å². The summed E-state index contributed by atoms with van der Waals surface area (Å²) in [7, 11) is 0. The number of rotatable bonds is 5. The van der Waals surface area contributed by atoms with E-state index in [0.29, 0.717) is 17.4 Å². The summed E-state index contributed by atoms with van der Waals surface area (Å²) in [5, 5.41) is 2.80. The van der Waals surface area contributed by atoms with E-state index in [2.05, 4.69) is 19.2 Å². The van der Waals surface area contributed by atoms with E-state index in [1.165, 1.54) is 18.2 Å². The second kappa shape index (κ2) is 6.60. The molecule has 1 atom stereocenters. The number of hydrogen-bond donors (Lipinski definition) is 1. The fourth-order valence-electron chi connectivity index (χ4n) is 1.63. The van der Waals surface area contributed by atoms with E-state index < -0.39 is 5.82 Å². The fraction of sp³-hybridized carbons (Fsp3) is 0.462. The number of nitrogens with one attached hydrogen (secondary N) is 1. The molecule has 0 saturated carbocycles. The van der Waals surface area contributed by atoms with Crippen LogP contribution in [0.25, 0.3) is 0 Å². The Labute approximate surface area is 106 Å². The molecule has 1 N–H and O–H groups in total. The van der Waals surface area contributed by atoms with Gasteiger partial charge in [0.15, 0.2) is 0 Å². The van der Waals surface area contributed by atoms with Crippen molar-refractivity contribution in [3.05, 3.63) is 35.6 Å². The van der Waals surface area contributed by atoms with Crippen LogP contribution in [-0.4, -0.2) is 17.8 Å². The Bertz CT molecular complexity index is 381. The molecule has 0 aliphatic heterocycles. The van der Waals surface area contributed by atoms with Gasteiger partial charge in [-0.2, -0.15) is 0 Å². The van der Waals surface area contributed by atoms with Crippen LogP contribution in [0, 0.1) is 11.7 Å². The predicted octanol–water partition coefficient (Wildman–Crippen LogP) is 3.21. The third kappa shape index (κ3) is 4.73. The monoisotopic (exact) mass is 257 g/mol. The molecule has 1 unspecified atom stereocenters. The van der Waals surface area contributed by atoms with Crippen molar-refractivity contribution in [1.82, 2.24) is 5.32 Å². The van der Waals surface area contributed by atoms with Gasteiger partial charge in [0.25, 0.3) is 5.91 Å². The molecule has 0 heterocycles. The molecule has 1 rings (SSSR count). The van der Waals surface area contributed by atoms with Crippen LogP contribution in [0.3, 0.4) is 0 Å². The average molecular weight is 258 g/mol. The zero-order valence-corrected chi connectivity index (χ0v) is 10.8. The Hall–Kier alpha value is -1.09. The Morgan fingerprint density at radius 3 is 2.71 bits per heavy atom. The molecule has 1 amide bonds. The number of alkyl halides is 1. The summed E-state index contributed by atoms with van der Waals surface area (Å²) >= 11 is 5.79. The minimum Gasteiger partial charge on any atom is -0.348 e. The van der Waals surface area contributed by atoms with Crippen molar-refractivity contribution in [3.8, 4) is 0 Å². The molecule has 0 aliphatic carbocycles. The van der Waals surface area contributed by atoms with E-state index in [-0.39, 0.29) is 11.9 Å². The molecule has 1 aromatic carbocycles. The van der Waals surface area contributed by atoms with Crippen LogP contribution in [0.4, 0.5) is 4.39 Å². The summed E-state index contributed by atoms with van der Waals surface area (Å²) < 4.78 is 13.0. The van der Waals surface area contributed by atoms with Crippen molar-refractivity contribution in [2.75, 3.05) is 5.88 Å². The minimum atomic E-state index is -0.413. The van der Waals surface area contributed by atoms with Gasteiger partial charge >= 0.3 is 0 Å². The minimum absolute atomic E-state index is 0.0764. The van der Waals surface area contributed by atoms with Gasteiger partial charge in [0.05, 0.1) is 0 Å². The molecule has 0 saturated heterocycles. The lowest BCUT2D eigenvalue weighted by Gasteiger charge is -2.18. The normalized spacial score (nSPS) is 12.5. The van der Waals surface area contributed by atoms with Crippen LogP contribution in [0.1, 0.15) is 30.6 Å². The highest BCUT2D eigenvalue weighted by Gasteiger charge is 2.14. The van der Waals surface area contributed by atoms with E-state index in [4.69, 9.17) is 11.6 Å². The highest BCUT2D eigenvalue weighted by Crippen LogP contribution is 2.08. The maximum Gasteiger partial charge on any atom is 0.251 e. The van der Waals surface area contributed by atoms with Crippen LogP contribution < -0.4 is 5.32 Å². The second-order valence-electron chi connectivity index (χ2n) is 4.46. The summed E-state index contributed by atoms with van der Waals surface area (Å²) in [5.41, 5.74) is 0.323. The standard InChI is InChI=1S/C13H17ClFNO/c1-9(2)6-12(8-14)16-13(17)10-4-3-5-11(15)7-10/h3-5,7,9,12H,6,8H2,1-2H3,(H,16,17). The molecule has 17 heavy (non-hydrogen) atoms. The smallest absolute Gasteiger partial charge is 0.251 e. The topological polar surface area (TPSA) is 29.1 Å². The van der Waals surface area contributed by atoms with Gasteiger partial charge in [-0.15, -0.1) is 11.6 Å². The Kier molecular flexibility index (Phi) is 5.42. The lowest BCUT2D eigenvalue weighted by molar-refractivity contribution is 0.0936. The molecule has 2 nitrogen and oxygen atoms in total. The maximum atomic E-state index is 13.0. The summed E-state index contributed by atoms with van der Waals surface area (Å²) in [6.07, 6.45) is 0.810. The zero-order valence-electron chi connectivity index (χ0n) is 10.0. The largest absolute Gasteiger partial charge is 0.348 e. The molecule has 0 aliphatic rings. The molecule has 1 aromatic rings. The third-order valence-electron chi connectivity index (χ3n) is 2.36. The van der Waals surface area contributed by atoms with Crippen LogP contribution in [0.2, 0.25) is 0 Å².